The zero-order valence-corrected chi connectivity index (χ0v) is 34.0. The quantitative estimate of drug-likeness (QED) is 0.146. The van der Waals surface area contributed by atoms with Crippen molar-refractivity contribution in [3.8, 4) is 39.1 Å². The van der Waals surface area contributed by atoms with Gasteiger partial charge in [0.25, 0.3) is 0 Å². The molecule has 0 aliphatic heterocycles. The van der Waals surface area contributed by atoms with Crippen molar-refractivity contribution in [2.75, 3.05) is 4.90 Å². The number of hydrogen-bond acceptors (Lipinski definition) is 1. The molecule has 0 atom stereocenters. The highest BCUT2D eigenvalue weighted by Crippen LogP contribution is 2.48. The summed E-state index contributed by atoms with van der Waals surface area (Å²) >= 11 is 0. The third-order valence-electron chi connectivity index (χ3n) is 12.5. The number of benzene rings is 11. The van der Waals surface area contributed by atoms with Crippen LogP contribution in [0.2, 0.25) is 0 Å². The lowest BCUT2D eigenvalue weighted by atomic mass is 9.85. The third-order valence-corrected chi connectivity index (χ3v) is 12.5. The van der Waals surface area contributed by atoms with Crippen LogP contribution in [0.1, 0.15) is 0 Å². The molecule has 12 rings (SSSR count). The molecule has 290 valence electrons. The molecule has 0 N–H and O–H groups in total. The number of nitrogens with zero attached hydrogens (tertiary/aromatic N) is 2. The molecular formula is C60H40N2. The molecule has 0 aliphatic rings. The van der Waals surface area contributed by atoms with Crippen molar-refractivity contribution in [1.29, 1.82) is 0 Å². The Morgan fingerprint density at radius 1 is 0.290 bits per heavy atom. The second kappa shape index (κ2) is 14.8. The fourth-order valence-corrected chi connectivity index (χ4v) is 9.82. The third kappa shape index (κ3) is 5.88. The highest BCUT2D eigenvalue weighted by Gasteiger charge is 2.22. The maximum absolute atomic E-state index is 2.44. The first kappa shape index (κ1) is 35.7. The second-order valence-corrected chi connectivity index (χ2v) is 16.1. The Labute approximate surface area is 360 Å². The zero-order chi connectivity index (χ0) is 41.0. The Kier molecular flexibility index (Phi) is 8.53. The van der Waals surface area contributed by atoms with E-state index in [0.29, 0.717) is 0 Å². The predicted octanol–water partition coefficient (Wildman–Crippen LogP) is 16.7. The van der Waals surface area contributed by atoms with Gasteiger partial charge >= 0.3 is 0 Å². The van der Waals surface area contributed by atoms with Crippen molar-refractivity contribution in [2.45, 2.75) is 0 Å². The molecule has 0 aliphatic carbocycles. The standard InChI is InChI=1S/C60H40N2/c1-4-19-42(20-5-1)58-53-29-13-12-28-51(53)52-37-36-49(40-55(52)59(58)43-21-6-2-7-22-43)61(48-35-34-41-18-10-11-23-44(41)38-48)47-27-16-24-45(39-47)50-31-17-33-57-60(50)54-30-14-15-32-56(54)62(57)46-25-8-3-9-26-46/h1-40H. The molecule has 1 heterocycles. The minimum absolute atomic E-state index is 1.09. The summed E-state index contributed by atoms with van der Waals surface area (Å²) < 4.78 is 2.40. The molecule has 0 spiro atoms. The van der Waals surface area contributed by atoms with Gasteiger partial charge in [-0.15, -0.1) is 0 Å². The van der Waals surface area contributed by atoms with E-state index >= 15 is 0 Å². The summed E-state index contributed by atoms with van der Waals surface area (Å²) in [6.07, 6.45) is 0. The summed E-state index contributed by atoms with van der Waals surface area (Å²) in [6.45, 7) is 0. The van der Waals surface area contributed by atoms with E-state index in [2.05, 4.69) is 252 Å². The van der Waals surface area contributed by atoms with Gasteiger partial charge in [0.05, 0.1) is 11.0 Å². The van der Waals surface area contributed by atoms with Crippen molar-refractivity contribution < 1.29 is 0 Å². The maximum atomic E-state index is 2.44. The number of hydrogen-bond donors (Lipinski definition) is 0. The molecule has 12 aromatic rings. The van der Waals surface area contributed by atoms with E-state index in [4.69, 9.17) is 0 Å². The van der Waals surface area contributed by atoms with Gasteiger partial charge in [0.2, 0.25) is 0 Å². The molecule has 0 saturated carbocycles. The first-order valence-electron chi connectivity index (χ1n) is 21.3. The van der Waals surface area contributed by atoms with Crippen molar-refractivity contribution in [3.05, 3.63) is 243 Å². The summed E-state index contributed by atoms with van der Waals surface area (Å²) in [7, 11) is 0. The Hall–Kier alpha value is -8.20. The number of aromatic nitrogens is 1. The summed E-state index contributed by atoms with van der Waals surface area (Å²) in [6, 6.07) is 88.6. The Balaban J connectivity index is 1.12. The molecule has 0 unspecified atom stereocenters. The van der Waals surface area contributed by atoms with Crippen LogP contribution < -0.4 is 4.90 Å². The van der Waals surface area contributed by atoms with Crippen LogP contribution >= 0.6 is 0 Å². The minimum atomic E-state index is 1.09. The van der Waals surface area contributed by atoms with E-state index < -0.39 is 0 Å². The molecular weight excluding hydrogens is 749 g/mol. The Morgan fingerprint density at radius 3 is 1.60 bits per heavy atom. The van der Waals surface area contributed by atoms with Crippen LogP contribution in [-0.4, -0.2) is 4.57 Å². The van der Waals surface area contributed by atoms with E-state index in [1.165, 1.54) is 81.9 Å². The normalized spacial score (nSPS) is 11.5. The lowest BCUT2D eigenvalue weighted by Crippen LogP contribution is -2.10. The summed E-state index contributed by atoms with van der Waals surface area (Å²) in [5.41, 5.74) is 14.1. The van der Waals surface area contributed by atoms with Crippen molar-refractivity contribution in [1.82, 2.24) is 4.57 Å². The van der Waals surface area contributed by atoms with Gasteiger partial charge in [0, 0.05) is 33.5 Å². The van der Waals surface area contributed by atoms with Crippen molar-refractivity contribution in [3.63, 3.8) is 0 Å². The van der Waals surface area contributed by atoms with Crippen molar-refractivity contribution in [2.24, 2.45) is 0 Å². The molecule has 0 bridgehead atoms. The van der Waals surface area contributed by atoms with Crippen LogP contribution in [-0.2, 0) is 0 Å². The monoisotopic (exact) mass is 788 g/mol. The van der Waals surface area contributed by atoms with Gasteiger partial charge in [-0.1, -0.05) is 182 Å². The Morgan fingerprint density at radius 2 is 0.823 bits per heavy atom. The van der Waals surface area contributed by atoms with Crippen LogP contribution in [0.25, 0.3) is 93.2 Å². The average Bonchev–Trinajstić information content (AvgIpc) is 3.69. The smallest absolute Gasteiger partial charge is 0.0547 e. The van der Waals surface area contributed by atoms with Crippen LogP contribution in [0.3, 0.4) is 0 Å². The topological polar surface area (TPSA) is 8.17 Å². The fraction of sp³-hybridized carbons (Fsp3) is 0. The number of para-hydroxylation sites is 2. The SMILES string of the molecule is c1ccc(-c2c(-c3ccccc3)c3cc(N(c4cccc(-c5cccc6c5c5ccccc5n6-c5ccccc5)c4)c4ccc5ccccc5c4)ccc3c3ccccc23)cc1. The van der Waals surface area contributed by atoms with Crippen LogP contribution in [0.4, 0.5) is 17.1 Å². The summed E-state index contributed by atoms with van der Waals surface area (Å²) in [4.78, 5) is 2.44. The van der Waals surface area contributed by atoms with Crippen LogP contribution in [0.15, 0.2) is 243 Å². The van der Waals surface area contributed by atoms with Gasteiger partial charge in [0.1, 0.15) is 0 Å². The number of rotatable bonds is 7. The highest BCUT2D eigenvalue weighted by molar-refractivity contribution is 6.22. The largest absolute Gasteiger partial charge is 0.310 e. The molecule has 1 aromatic heterocycles. The number of fused-ring (bicyclic) bond motifs is 7. The van der Waals surface area contributed by atoms with E-state index in [1.54, 1.807) is 0 Å². The average molecular weight is 789 g/mol. The molecule has 2 heteroatoms. The van der Waals surface area contributed by atoms with Gasteiger partial charge in [-0.2, -0.15) is 0 Å². The van der Waals surface area contributed by atoms with Crippen LogP contribution in [0, 0.1) is 0 Å². The van der Waals surface area contributed by atoms with Gasteiger partial charge in [-0.3, -0.25) is 0 Å². The van der Waals surface area contributed by atoms with E-state index in [0.717, 1.165) is 28.3 Å². The first-order chi connectivity index (χ1) is 30.8. The molecule has 0 saturated heterocycles. The lowest BCUT2D eigenvalue weighted by molar-refractivity contribution is 1.18. The van der Waals surface area contributed by atoms with E-state index in [-0.39, 0.29) is 0 Å². The van der Waals surface area contributed by atoms with Gasteiger partial charge < -0.3 is 9.47 Å². The molecule has 0 amide bonds. The molecule has 0 fully saturated rings. The van der Waals surface area contributed by atoms with Gasteiger partial charge in [-0.05, 0) is 126 Å². The highest BCUT2D eigenvalue weighted by atomic mass is 15.1. The van der Waals surface area contributed by atoms with Crippen molar-refractivity contribution >= 4 is 71.2 Å². The van der Waals surface area contributed by atoms with E-state index in [1.807, 2.05) is 0 Å². The summed E-state index contributed by atoms with van der Waals surface area (Å²) in [5, 5.41) is 9.85. The number of anilines is 3. The first-order valence-corrected chi connectivity index (χ1v) is 21.3. The van der Waals surface area contributed by atoms with Gasteiger partial charge in [-0.25, -0.2) is 0 Å². The Bertz CT molecular complexity index is 3620. The summed E-state index contributed by atoms with van der Waals surface area (Å²) in [5.74, 6) is 0. The maximum Gasteiger partial charge on any atom is 0.0547 e. The second-order valence-electron chi connectivity index (χ2n) is 16.1. The van der Waals surface area contributed by atoms with Crippen LogP contribution in [0.5, 0.6) is 0 Å². The fourth-order valence-electron chi connectivity index (χ4n) is 9.82. The molecule has 0 radical (unpaired) electrons. The predicted molar refractivity (Wildman–Crippen MR) is 264 cm³/mol. The zero-order valence-electron chi connectivity index (χ0n) is 34.0. The molecule has 62 heavy (non-hydrogen) atoms. The lowest BCUT2D eigenvalue weighted by Gasteiger charge is -2.28. The minimum Gasteiger partial charge on any atom is -0.310 e. The molecule has 2 nitrogen and oxygen atoms in total. The van der Waals surface area contributed by atoms with E-state index in [9.17, 15) is 0 Å². The van der Waals surface area contributed by atoms with Gasteiger partial charge in [0.15, 0.2) is 0 Å². The molecule has 11 aromatic carbocycles.